The number of aromatic nitrogens is 1. The van der Waals surface area contributed by atoms with Gasteiger partial charge in [-0.1, -0.05) is 17.7 Å². The van der Waals surface area contributed by atoms with Crippen molar-refractivity contribution in [3.8, 4) is 5.75 Å². The van der Waals surface area contributed by atoms with Gasteiger partial charge >= 0.3 is 6.03 Å². The van der Waals surface area contributed by atoms with Gasteiger partial charge in [-0.15, -0.1) is 0 Å². The lowest BCUT2D eigenvalue weighted by Gasteiger charge is -2.38. The van der Waals surface area contributed by atoms with Crippen molar-refractivity contribution in [3.05, 3.63) is 53.3 Å². The quantitative estimate of drug-likeness (QED) is 0.813. The molecule has 0 bridgehead atoms. The molecule has 0 radical (unpaired) electrons. The van der Waals surface area contributed by atoms with Gasteiger partial charge in [0.05, 0.1) is 17.9 Å². The number of rotatable bonds is 2. The van der Waals surface area contributed by atoms with E-state index >= 15 is 0 Å². The van der Waals surface area contributed by atoms with Crippen LogP contribution in [0.1, 0.15) is 5.69 Å². The Balaban J connectivity index is 1.39. The van der Waals surface area contributed by atoms with Gasteiger partial charge in [0.25, 0.3) is 0 Å². The molecule has 136 valence electrons. The number of anilines is 1. The highest BCUT2D eigenvalue weighted by Gasteiger charge is 2.29. The molecule has 1 aromatic heterocycles. The maximum Gasteiger partial charge on any atom is 0.324 e. The van der Waals surface area contributed by atoms with E-state index in [4.69, 9.17) is 16.3 Å². The van der Waals surface area contributed by atoms with Crippen LogP contribution in [0, 0.1) is 0 Å². The zero-order chi connectivity index (χ0) is 17.9. The number of halogens is 1. The van der Waals surface area contributed by atoms with Crippen molar-refractivity contribution in [3.63, 3.8) is 0 Å². The summed E-state index contributed by atoms with van der Waals surface area (Å²) in [6.45, 7) is 4.99. The Morgan fingerprint density at radius 2 is 1.96 bits per heavy atom. The molecular weight excluding hydrogens is 352 g/mol. The number of hydrogen-bond donors (Lipinski definition) is 0. The lowest BCUT2D eigenvalue weighted by atomic mass is 10.2. The second-order valence-corrected chi connectivity index (χ2v) is 6.92. The predicted molar refractivity (Wildman–Crippen MR) is 101 cm³/mol. The monoisotopic (exact) mass is 372 g/mol. The molecule has 0 saturated carbocycles. The van der Waals surface area contributed by atoms with Gasteiger partial charge in [0.1, 0.15) is 12.4 Å². The van der Waals surface area contributed by atoms with Crippen LogP contribution in [0.5, 0.6) is 5.75 Å². The minimum Gasteiger partial charge on any atom is -0.489 e. The lowest BCUT2D eigenvalue weighted by Crippen LogP contribution is -2.54. The third-order valence-electron chi connectivity index (χ3n) is 4.77. The molecule has 2 aromatic rings. The molecule has 0 unspecified atom stereocenters. The summed E-state index contributed by atoms with van der Waals surface area (Å²) in [7, 11) is 0. The molecule has 1 aromatic carbocycles. The van der Waals surface area contributed by atoms with E-state index in [1.54, 1.807) is 17.0 Å². The fourth-order valence-corrected chi connectivity index (χ4v) is 3.54. The largest absolute Gasteiger partial charge is 0.489 e. The topological polar surface area (TPSA) is 48.9 Å². The van der Waals surface area contributed by atoms with Crippen LogP contribution in [0.25, 0.3) is 0 Å². The Morgan fingerprint density at radius 1 is 1.12 bits per heavy atom. The number of nitrogens with zero attached hydrogens (tertiary/aromatic N) is 4. The van der Waals surface area contributed by atoms with Crippen LogP contribution in [0.2, 0.25) is 5.02 Å². The number of hydrogen-bond acceptors (Lipinski definition) is 4. The van der Waals surface area contributed by atoms with Crippen LogP contribution in [0.3, 0.4) is 0 Å². The molecule has 0 N–H and O–H groups in total. The number of carbonyl (C=O) groups is 1. The average molecular weight is 373 g/mol. The highest BCUT2D eigenvalue weighted by molar-refractivity contribution is 6.30. The predicted octanol–water partition coefficient (Wildman–Crippen LogP) is 2.87. The first-order valence-electron chi connectivity index (χ1n) is 8.82. The number of benzene rings is 1. The van der Waals surface area contributed by atoms with E-state index in [0.29, 0.717) is 37.0 Å². The first-order valence-corrected chi connectivity index (χ1v) is 9.19. The van der Waals surface area contributed by atoms with Crippen molar-refractivity contribution in [2.75, 3.05) is 44.2 Å². The van der Waals surface area contributed by atoms with Crippen LogP contribution in [0.4, 0.5) is 10.5 Å². The maximum absolute atomic E-state index is 13.0. The van der Waals surface area contributed by atoms with Crippen LogP contribution in [0.15, 0.2) is 42.6 Å². The average Bonchev–Trinajstić information content (AvgIpc) is 2.68. The Hall–Kier alpha value is -2.31. The van der Waals surface area contributed by atoms with E-state index < -0.39 is 0 Å². The molecule has 1 saturated heterocycles. The first kappa shape index (κ1) is 17.1. The smallest absolute Gasteiger partial charge is 0.324 e. The summed E-state index contributed by atoms with van der Waals surface area (Å²) in [4.78, 5) is 23.4. The van der Waals surface area contributed by atoms with Crippen molar-refractivity contribution in [2.24, 2.45) is 0 Å². The molecule has 4 rings (SSSR count). The summed E-state index contributed by atoms with van der Waals surface area (Å²) in [5.74, 6) is 0.672. The molecule has 3 heterocycles. The molecule has 2 aliphatic heterocycles. The third kappa shape index (κ3) is 3.61. The highest BCUT2D eigenvalue weighted by Crippen LogP contribution is 2.34. The summed E-state index contributed by atoms with van der Waals surface area (Å²) >= 11 is 6.03. The van der Waals surface area contributed by atoms with E-state index in [1.807, 2.05) is 35.4 Å². The van der Waals surface area contributed by atoms with Crippen LogP contribution >= 0.6 is 11.6 Å². The first-order chi connectivity index (χ1) is 12.7. The summed E-state index contributed by atoms with van der Waals surface area (Å²) < 4.78 is 5.64. The molecule has 0 aliphatic carbocycles. The summed E-state index contributed by atoms with van der Waals surface area (Å²) in [5, 5.41) is 0.612. The number of ether oxygens (including phenoxy) is 1. The molecule has 26 heavy (non-hydrogen) atoms. The van der Waals surface area contributed by atoms with Crippen molar-refractivity contribution in [1.82, 2.24) is 14.8 Å². The fourth-order valence-electron chi connectivity index (χ4n) is 3.38. The molecule has 0 spiro atoms. The summed E-state index contributed by atoms with van der Waals surface area (Å²) in [5.41, 5.74) is 1.85. The van der Waals surface area contributed by atoms with Gasteiger partial charge in [-0.25, -0.2) is 4.79 Å². The number of carbonyl (C=O) groups excluding carboxylic acids is 1. The molecule has 7 heteroatoms. The zero-order valence-corrected chi connectivity index (χ0v) is 15.2. The molecule has 2 aliphatic rings. The highest BCUT2D eigenvalue weighted by atomic mass is 35.5. The molecule has 2 amide bonds. The number of fused-ring (bicyclic) bond motifs is 1. The molecular formula is C19H21ClN4O2. The van der Waals surface area contributed by atoms with Gasteiger partial charge < -0.3 is 9.64 Å². The maximum atomic E-state index is 13.0. The zero-order valence-electron chi connectivity index (χ0n) is 14.5. The molecule has 1 fully saturated rings. The van der Waals surface area contributed by atoms with Crippen LogP contribution < -0.4 is 9.64 Å². The third-order valence-corrected chi connectivity index (χ3v) is 5.01. The van der Waals surface area contributed by atoms with Gasteiger partial charge in [-0.3, -0.25) is 14.8 Å². The van der Waals surface area contributed by atoms with Gasteiger partial charge in [0, 0.05) is 50.0 Å². The molecule has 0 atom stereocenters. The second-order valence-electron chi connectivity index (χ2n) is 6.48. The SMILES string of the molecule is O=C(N1CCN(Cc2ccccn2)CC1)N1CCOc2cc(Cl)ccc21. The number of amides is 2. The van der Waals surface area contributed by atoms with E-state index in [2.05, 4.69) is 9.88 Å². The minimum atomic E-state index is 0.0364. The lowest BCUT2D eigenvalue weighted by molar-refractivity contribution is 0.137. The van der Waals surface area contributed by atoms with Gasteiger partial charge in [0.15, 0.2) is 0 Å². The van der Waals surface area contributed by atoms with Gasteiger partial charge in [-0.2, -0.15) is 0 Å². The Morgan fingerprint density at radius 3 is 2.73 bits per heavy atom. The Labute approximate surface area is 157 Å². The van der Waals surface area contributed by atoms with Crippen molar-refractivity contribution in [1.29, 1.82) is 0 Å². The van der Waals surface area contributed by atoms with Crippen molar-refractivity contribution < 1.29 is 9.53 Å². The van der Waals surface area contributed by atoms with E-state index in [-0.39, 0.29) is 6.03 Å². The van der Waals surface area contributed by atoms with Crippen LogP contribution in [-0.4, -0.2) is 60.1 Å². The van der Waals surface area contributed by atoms with Crippen LogP contribution in [-0.2, 0) is 6.54 Å². The van der Waals surface area contributed by atoms with E-state index in [1.165, 1.54) is 0 Å². The van der Waals surface area contributed by atoms with Crippen molar-refractivity contribution in [2.45, 2.75) is 6.54 Å². The number of piperazine rings is 1. The normalized spacial score (nSPS) is 17.6. The van der Waals surface area contributed by atoms with Crippen molar-refractivity contribution >= 4 is 23.3 Å². The van der Waals surface area contributed by atoms with E-state index in [9.17, 15) is 4.79 Å². The number of urea groups is 1. The Kier molecular flexibility index (Phi) is 4.95. The van der Waals surface area contributed by atoms with Gasteiger partial charge in [-0.05, 0) is 24.3 Å². The molecule has 6 nitrogen and oxygen atoms in total. The standard InChI is InChI=1S/C19H21ClN4O2/c20-15-4-5-17-18(13-15)26-12-11-24(17)19(25)23-9-7-22(8-10-23)14-16-3-1-2-6-21-16/h1-6,13H,7-12,14H2. The fraction of sp³-hybridized carbons (Fsp3) is 0.368. The van der Waals surface area contributed by atoms with E-state index in [0.717, 1.165) is 31.0 Å². The summed E-state index contributed by atoms with van der Waals surface area (Å²) in [6, 6.07) is 11.4. The van der Waals surface area contributed by atoms with Gasteiger partial charge in [0.2, 0.25) is 0 Å². The summed E-state index contributed by atoms with van der Waals surface area (Å²) in [6.07, 6.45) is 1.82. The second kappa shape index (κ2) is 7.51. The minimum absolute atomic E-state index is 0.0364. The number of pyridine rings is 1. The Bertz CT molecular complexity index is 778.